The third-order valence-corrected chi connectivity index (χ3v) is 14.5. The second-order valence-electron chi connectivity index (χ2n) is 12.9. The van der Waals surface area contributed by atoms with Crippen molar-refractivity contribution in [2.75, 3.05) is 0 Å². The van der Waals surface area contributed by atoms with E-state index in [1.165, 1.54) is 32.7 Å². The number of benzene rings is 4. The molecule has 0 N–H and O–H groups in total. The van der Waals surface area contributed by atoms with Gasteiger partial charge in [-0.25, -0.2) is 12.1 Å². The molecule has 0 atom stereocenters. The molecule has 44 heavy (non-hydrogen) atoms. The average Bonchev–Trinajstić information content (AvgIpc) is 3.66. The van der Waals surface area contributed by atoms with E-state index in [9.17, 15) is 0 Å². The topological polar surface area (TPSA) is 0 Å². The maximum absolute atomic E-state index is 6.27. The Labute approximate surface area is 287 Å². The molecule has 6 aromatic rings. The standard InChI is InChI=1S/C21H25.C13H8Cl2.C5H5.2ClH.Hf/c1-20(2,3)16-9-7-14-11-15-8-10-17(21(4,5)6)13-19(15)18(14)12-16;14-12-5-1-10(2-6-12)9-11-3-7-13(15)8-4-11;1-2-4-5-3-1;;;/h7-13H,1-6H3;1-8H;1-5H;2*1H;/q-1;;-1;;;+2/p-2. The van der Waals surface area contributed by atoms with Crippen molar-refractivity contribution in [1.82, 2.24) is 0 Å². The van der Waals surface area contributed by atoms with Crippen molar-refractivity contribution < 1.29 is 18.6 Å². The normalized spacial score (nSPS) is 11.4. The van der Waals surface area contributed by atoms with Crippen LogP contribution in [0.5, 0.6) is 0 Å². The van der Waals surface area contributed by atoms with Gasteiger partial charge in [0.15, 0.2) is 0 Å². The summed E-state index contributed by atoms with van der Waals surface area (Å²) < 4.78 is 1.05. The number of hydrogen-bond acceptors (Lipinski definition) is 0. The van der Waals surface area contributed by atoms with Crippen LogP contribution in [-0.4, -0.2) is 3.26 Å². The quantitative estimate of drug-likeness (QED) is 0.121. The Morgan fingerprint density at radius 2 is 0.955 bits per heavy atom. The van der Waals surface area contributed by atoms with Crippen LogP contribution in [0.15, 0.2) is 121 Å². The van der Waals surface area contributed by atoms with E-state index in [1.807, 2.05) is 78.9 Å². The number of halogens is 4. The molecule has 0 amide bonds. The molecule has 6 aromatic carbocycles. The van der Waals surface area contributed by atoms with Crippen LogP contribution < -0.4 is 0 Å². The fourth-order valence-corrected chi connectivity index (χ4v) is 11.5. The van der Waals surface area contributed by atoms with Crippen molar-refractivity contribution in [3.63, 3.8) is 0 Å². The van der Waals surface area contributed by atoms with Gasteiger partial charge in [0.1, 0.15) is 0 Å². The molecule has 0 aliphatic heterocycles. The van der Waals surface area contributed by atoms with Crippen LogP contribution in [0.4, 0.5) is 0 Å². The van der Waals surface area contributed by atoms with E-state index in [1.54, 1.807) is 0 Å². The minimum absolute atomic E-state index is 0.194. The Balaban J connectivity index is 0.000000175. The molecule has 5 heteroatoms. The van der Waals surface area contributed by atoms with Gasteiger partial charge in [-0.1, -0.05) is 76.9 Å². The summed E-state index contributed by atoms with van der Waals surface area (Å²) in [5.41, 5.74) is 5.27. The molecule has 0 heterocycles. The molecular weight excluding hydrogens is 789 g/mol. The molecule has 0 aliphatic carbocycles. The molecule has 0 fully saturated rings. The number of rotatable bonds is 2. The first-order valence-corrected chi connectivity index (χ1v) is 26.1. The predicted molar refractivity (Wildman–Crippen MR) is 194 cm³/mol. The monoisotopic (exact) mass is 826 g/mol. The molecule has 0 saturated heterocycles. The van der Waals surface area contributed by atoms with Crippen molar-refractivity contribution in [1.29, 1.82) is 0 Å². The van der Waals surface area contributed by atoms with Crippen LogP contribution in [0.25, 0.3) is 21.5 Å². The van der Waals surface area contributed by atoms with Gasteiger partial charge in [-0.15, -0.1) is 39.7 Å². The van der Waals surface area contributed by atoms with Crippen molar-refractivity contribution in [3.05, 3.63) is 154 Å². The Bertz CT molecular complexity index is 1690. The molecule has 0 aromatic heterocycles. The Morgan fingerprint density at radius 1 is 0.568 bits per heavy atom. The molecule has 0 aliphatic rings. The third-order valence-electron chi connectivity index (χ3n) is 7.45. The van der Waals surface area contributed by atoms with Gasteiger partial charge in [0.25, 0.3) is 0 Å². The van der Waals surface area contributed by atoms with Crippen LogP contribution in [-0.2, 0) is 29.4 Å². The van der Waals surface area contributed by atoms with Crippen LogP contribution in [0, 0.1) is 0 Å². The molecule has 0 spiro atoms. The zero-order valence-corrected chi connectivity index (χ0v) is 32.7. The largest absolute Gasteiger partial charge is 0.214 e. The maximum atomic E-state index is 6.27. The zero-order chi connectivity index (χ0) is 32.1. The molecule has 0 unspecified atom stereocenters. The smallest absolute Gasteiger partial charge is 0.172 e. The summed E-state index contributed by atoms with van der Waals surface area (Å²) in [6.07, 6.45) is 0. The van der Waals surface area contributed by atoms with Crippen LogP contribution >= 0.6 is 40.4 Å². The molecular formula is C39H38Cl4Hf-2. The van der Waals surface area contributed by atoms with E-state index < -0.39 is 18.6 Å². The van der Waals surface area contributed by atoms with E-state index >= 15 is 0 Å². The van der Waals surface area contributed by atoms with Crippen molar-refractivity contribution in [2.45, 2.75) is 52.4 Å². The zero-order valence-electron chi connectivity index (χ0n) is 26.1. The van der Waals surface area contributed by atoms with Crippen molar-refractivity contribution in [2.24, 2.45) is 0 Å². The van der Waals surface area contributed by atoms with Crippen molar-refractivity contribution >= 4 is 65.2 Å². The summed E-state index contributed by atoms with van der Waals surface area (Å²) in [5, 5.41) is 6.89. The summed E-state index contributed by atoms with van der Waals surface area (Å²) in [6.45, 7) is 13.7. The average molecular weight is 827 g/mol. The molecule has 0 radical (unpaired) electrons. The molecule has 0 nitrogen and oxygen atoms in total. The van der Waals surface area contributed by atoms with Crippen molar-refractivity contribution in [3.8, 4) is 0 Å². The van der Waals surface area contributed by atoms with Crippen LogP contribution in [0.3, 0.4) is 0 Å². The number of hydrogen-bond donors (Lipinski definition) is 0. The van der Waals surface area contributed by atoms with E-state index in [-0.39, 0.29) is 10.8 Å². The fraction of sp³-hybridized carbons (Fsp3) is 0.205. The summed E-state index contributed by atoms with van der Waals surface area (Å²) in [6, 6.07) is 41.3. The fourth-order valence-electron chi connectivity index (χ4n) is 4.87. The van der Waals surface area contributed by atoms with Crippen LogP contribution in [0.2, 0.25) is 10.0 Å². The first kappa shape index (κ1) is 34.9. The van der Waals surface area contributed by atoms with Gasteiger partial charge in [-0.2, -0.15) is 18.2 Å². The van der Waals surface area contributed by atoms with Gasteiger partial charge in [0.05, 0.1) is 0 Å². The van der Waals surface area contributed by atoms with Crippen LogP contribution in [0.1, 0.15) is 63.8 Å². The van der Waals surface area contributed by atoms with Gasteiger partial charge < -0.3 is 0 Å². The van der Waals surface area contributed by atoms with E-state index in [4.69, 9.17) is 40.4 Å². The molecule has 6 rings (SSSR count). The second kappa shape index (κ2) is 15.1. The molecule has 228 valence electrons. The second-order valence-corrected chi connectivity index (χ2v) is 25.2. The summed E-state index contributed by atoms with van der Waals surface area (Å²) in [4.78, 5) is 0. The minimum Gasteiger partial charge on any atom is -0.214 e. The summed E-state index contributed by atoms with van der Waals surface area (Å²) in [7, 11) is 12.5. The van der Waals surface area contributed by atoms with Gasteiger partial charge in [-0.05, 0) is 10.8 Å². The third kappa shape index (κ3) is 9.27. The van der Waals surface area contributed by atoms with Gasteiger partial charge in [0, 0.05) is 0 Å². The van der Waals surface area contributed by atoms with Gasteiger partial charge >= 0.3 is 132 Å². The first-order valence-electron chi connectivity index (χ1n) is 14.6. The molecule has 0 bridgehead atoms. The predicted octanol–water partition coefficient (Wildman–Crippen LogP) is 13.2. The van der Waals surface area contributed by atoms with E-state index in [0.29, 0.717) is 10.0 Å². The SMILES string of the molecule is CC(C)(C)c1ccc2[cH-]c3ccc(C(C)(C)C)cc3c2c1.Clc1ccc([C](c2ccc(Cl)cc2)=[Hf]([Cl])[Cl])cc1.c1cc[cH-]c1. The van der Waals surface area contributed by atoms with Gasteiger partial charge in [0.2, 0.25) is 0 Å². The Kier molecular flexibility index (Phi) is 11.9. The number of fused-ring (bicyclic) bond motifs is 3. The minimum atomic E-state index is -2.73. The Hall–Kier alpha value is -2.00. The van der Waals surface area contributed by atoms with Gasteiger partial charge in [-0.3, -0.25) is 0 Å². The summed E-state index contributed by atoms with van der Waals surface area (Å²) >= 11 is 9.05. The van der Waals surface area contributed by atoms with E-state index in [2.05, 4.69) is 84.0 Å². The van der Waals surface area contributed by atoms with E-state index in [0.717, 1.165) is 14.4 Å². The maximum Gasteiger partial charge on any atom is -0.172 e. The summed E-state index contributed by atoms with van der Waals surface area (Å²) in [5.74, 6) is 0. The first-order chi connectivity index (χ1) is 20.7. The molecule has 0 saturated carbocycles. The Morgan fingerprint density at radius 3 is 1.25 bits per heavy atom.